The Hall–Kier alpha value is -7.74. The summed E-state index contributed by atoms with van der Waals surface area (Å²) in [4.78, 5) is 86.2. The SMILES string of the molecule is CC(=O)Nc1ccc(C)cc1C(=O)N1CCCC[C@H]1c1cc2nc(Cl)c(C)cn2n1.CC(=O)Nc1ccc(C)cc1C(=O)N1CCCC[C@H]1c1cc2nc(N3CCC[C@H](N)C3)c(C)cn2n1.CC(C)(C)OC(=O)N[C@H]1CCCNC1.CO.O=CC(F)(F)F. The molecular formula is C62H84ClF3N14O8. The van der Waals surface area contributed by atoms with Crippen LogP contribution in [0.4, 0.5) is 35.2 Å². The van der Waals surface area contributed by atoms with Crippen molar-refractivity contribution in [2.75, 3.05) is 61.9 Å². The van der Waals surface area contributed by atoms with E-state index in [1.165, 1.54) is 13.8 Å². The lowest BCUT2D eigenvalue weighted by molar-refractivity contribution is -0.156. The van der Waals surface area contributed by atoms with Crippen molar-refractivity contribution >= 4 is 76.1 Å². The van der Waals surface area contributed by atoms with E-state index in [-0.39, 0.29) is 53.9 Å². The summed E-state index contributed by atoms with van der Waals surface area (Å²) in [6.07, 6.45) is 7.68. The molecule has 4 atom stereocenters. The van der Waals surface area contributed by atoms with Crippen LogP contribution < -0.4 is 31.9 Å². The number of benzene rings is 2. The number of carbonyl (C=O) groups excluding carboxylic acids is 6. The highest BCUT2D eigenvalue weighted by Gasteiger charge is 2.34. The van der Waals surface area contributed by atoms with E-state index in [0.29, 0.717) is 46.4 Å². The van der Waals surface area contributed by atoms with Gasteiger partial charge in [0.2, 0.25) is 18.1 Å². The van der Waals surface area contributed by atoms with Crippen molar-refractivity contribution in [3.8, 4) is 0 Å². The summed E-state index contributed by atoms with van der Waals surface area (Å²) in [6.45, 7) is 21.3. The van der Waals surface area contributed by atoms with Crippen LogP contribution in [0, 0.1) is 27.7 Å². The summed E-state index contributed by atoms with van der Waals surface area (Å²) in [5, 5.41) is 28.7. The van der Waals surface area contributed by atoms with Gasteiger partial charge in [-0.25, -0.2) is 23.8 Å². The second kappa shape index (κ2) is 31.4. The molecule has 26 heteroatoms. The van der Waals surface area contributed by atoms with Crippen LogP contribution in [0.25, 0.3) is 11.3 Å². The minimum Gasteiger partial charge on any atom is -0.444 e. The number of aldehydes is 1. The number of likely N-dealkylation sites (tertiary alicyclic amines) is 2. The minimum atomic E-state index is -4.64. The number of aryl methyl sites for hydroxylation is 4. The molecule has 7 N–H and O–H groups in total. The number of carbonyl (C=O) groups is 6. The third-order valence-corrected chi connectivity index (χ3v) is 15.1. The summed E-state index contributed by atoms with van der Waals surface area (Å²) >= 11 is 6.16. The number of aliphatic hydroxyl groups excluding tert-OH is 1. The van der Waals surface area contributed by atoms with Crippen LogP contribution in [-0.4, -0.2) is 150 Å². The van der Waals surface area contributed by atoms with E-state index < -0.39 is 18.1 Å². The van der Waals surface area contributed by atoms with Gasteiger partial charge < -0.3 is 51.5 Å². The zero-order chi connectivity index (χ0) is 64.6. The average Bonchev–Trinajstić information content (AvgIpc) is 2.16. The van der Waals surface area contributed by atoms with Gasteiger partial charge in [0.1, 0.15) is 16.6 Å². The number of nitrogens with one attached hydrogen (secondary N) is 4. The summed E-state index contributed by atoms with van der Waals surface area (Å²) in [7, 11) is 1.00. The lowest BCUT2D eigenvalue weighted by Crippen LogP contribution is -2.47. The second-order valence-corrected chi connectivity index (χ2v) is 23.7. The molecule has 0 saturated carbocycles. The lowest BCUT2D eigenvalue weighted by Gasteiger charge is -2.35. The van der Waals surface area contributed by atoms with Crippen LogP contribution in [0.5, 0.6) is 0 Å². The monoisotopic (exact) mass is 1240 g/mol. The molecule has 10 rings (SSSR count). The Balaban J connectivity index is 0.000000213. The molecule has 0 radical (unpaired) electrons. The maximum Gasteiger partial charge on any atom is 0.446 e. The fraction of sp³-hybridized carbons (Fsp3) is 0.516. The Labute approximate surface area is 516 Å². The van der Waals surface area contributed by atoms with Crippen LogP contribution in [0.3, 0.4) is 0 Å². The van der Waals surface area contributed by atoms with Crippen molar-refractivity contribution in [3.05, 3.63) is 111 Å². The van der Waals surface area contributed by atoms with Gasteiger partial charge in [-0.15, -0.1) is 0 Å². The van der Waals surface area contributed by atoms with E-state index in [2.05, 4.69) is 43.2 Å². The highest BCUT2D eigenvalue weighted by Crippen LogP contribution is 2.36. The van der Waals surface area contributed by atoms with E-state index in [0.717, 1.165) is 143 Å². The zero-order valence-corrected chi connectivity index (χ0v) is 52.6. The van der Waals surface area contributed by atoms with Gasteiger partial charge in [0.05, 0.1) is 46.0 Å². The first-order valence-corrected chi connectivity index (χ1v) is 30.0. The van der Waals surface area contributed by atoms with Crippen molar-refractivity contribution < 1.29 is 51.8 Å². The molecule has 4 saturated heterocycles. The Bertz CT molecular complexity index is 3360. The van der Waals surface area contributed by atoms with Crippen LogP contribution in [-0.2, 0) is 19.1 Å². The smallest absolute Gasteiger partial charge is 0.444 e. The number of nitrogens with zero attached hydrogens (tertiary/aromatic N) is 9. The van der Waals surface area contributed by atoms with Gasteiger partial charge in [-0.1, -0.05) is 34.9 Å². The number of alkyl halides is 3. The van der Waals surface area contributed by atoms with Crippen LogP contribution in [0.1, 0.15) is 165 Å². The third-order valence-electron chi connectivity index (χ3n) is 14.8. The summed E-state index contributed by atoms with van der Waals surface area (Å²) in [5.74, 6) is 0.361. The van der Waals surface area contributed by atoms with Gasteiger partial charge in [0.15, 0.2) is 11.3 Å². The van der Waals surface area contributed by atoms with Crippen molar-refractivity contribution in [3.63, 3.8) is 0 Å². The molecule has 0 spiro atoms. The highest BCUT2D eigenvalue weighted by atomic mass is 35.5. The Morgan fingerprint density at radius 1 is 0.705 bits per heavy atom. The van der Waals surface area contributed by atoms with Crippen LogP contribution in [0.2, 0.25) is 5.15 Å². The van der Waals surface area contributed by atoms with Gasteiger partial charge in [-0.2, -0.15) is 23.4 Å². The van der Waals surface area contributed by atoms with E-state index in [1.807, 2.05) is 105 Å². The first-order chi connectivity index (χ1) is 41.7. The molecule has 0 aliphatic carbocycles. The first kappa shape index (κ1) is 69.4. The maximum atomic E-state index is 13.8. The Kier molecular flexibility index (Phi) is 24.8. The zero-order valence-electron chi connectivity index (χ0n) is 51.9. The fourth-order valence-electron chi connectivity index (χ4n) is 10.9. The largest absolute Gasteiger partial charge is 0.446 e. The van der Waals surface area contributed by atoms with Gasteiger partial charge in [0.25, 0.3) is 11.8 Å². The van der Waals surface area contributed by atoms with Gasteiger partial charge >= 0.3 is 12.3 Å². The topological polar surface area (TPSA) is 276 Å². The van der Waals surface area contributed by atoms with Crippen molar-refractivity contribution in [1.29, 1.82) is 0 Å². The molecule has 478 valence electrons. The van der Waals surface area contributed by atoms with Gasteiger partial charge in [-0.3, -0.25) is 24.0 Å². The fourth-order valence-corrected chi connectivity index (χ4v) is 11.0. The number of piperidine rings is 4. The number of hydrogen-bond acceptors (Lipinski definition) is 15. The molecular weight excluding hydrogens is 1160 g/mol. The summed E-state index contributed by atoms with van der Waals surface area (Å²) in [6, 6.07) is 15.0. The number of amides is 5. The molecule has 8 heterocycles. The van der Waals surface area contributed by atoms with E-state index in [4.69, 9.17) is 42.1 Å². The number of rotatable bonds is 8. The average molecular weight is 1250 g/mol. The molecule has 2 aromatic carbocycles. The predicted molar refractivity (Wildman–Crippen MR) is 332 cm³/mol. The van der Waals surface area contributed by atoms with Crippen LogP contribution >= 0.6 is 11.6 Å². The van der Waals surface area contributed by atoms with Gasteiger partial charge in [0, 0.05) is 101 Å². The van der Waals surface area contributed by atoms with E-state index >= 15 is 0 Å². The van der Waals surface area contributed by atoms with Crippen molar-refractivity contribution in [1.82, 2.24) is 49.6 Å². The molecule has 6 aromatic rings. The number of ether oxygens (including phenoxy) is 1. The number of halogens is 4. The lowest BCUT2D eigenvalue weighted by atomic mass is 9.97. The first-order valence-electron chi connectivity index (χ1n) is 29.6. The van der Waals surface area contributed by atoms with Crippen molar-refractivity contribution in [2.45, 2.75) is 162 Å². The summed E-state index contributed by atoms with van der Waals surface area (Å²) in [5.41, 5.74) is 14.8. The molecule has 4 aliphatic rings. The number of alkyl carbamates (subject to hydrolysis) is 1. The molecule has 0 unspecified atom stereocenters. The molecule has 22 nitrogen and oxygen atoms in total. The van der Waals surface area contributed by atoms with E-state index in [9.17, 15) is 37.1 Å². The Morgan fingerprint density at radius 3 is 1.66 bits per heavy atom. The molecule has 4 fully saturated rings. The van der Waals surface area contributed by atoms with Crippen LogP contribution in [0.15, 0.2) is 60.9 Å². The van der Waals surface area contributed by atoms with E-state index in [1.54, 1.807) is 16.6 Å². The standard InChI is InChI=1S/C27H35N7O2.C22H24ClN5O2.C10H20N2O2.C2HF3O.CH4O/c1-17-9-10-22(29-19(3)35)21(13-17)27(36)33-12-5-4-8-24(33)23-14-25-30-26(18(2)15-34(25)31-23)32-11-6-7-20(28)16-32;1-13-7-8-17(24-15(3)29)16(10-13)22(30)27-9-5-4-6-19(27)18-11-20-25-21(23)14(2)12-28(20)26-18;1-10(2,3)14-9(13)12-8-5-4-6-11-7-8;3-2(4,5)1-6;1-2/h9-10,13-15,20,24H,4-8,11-12,16,28H2,1-3H3,(H,29,35);7-8,10-12,19H,4-6,9H2,1-3H3,(H,24,29);8,11H,4-7H2,1-3H3,(H,12,13);1H;2H,1H3/t20-,24-;19-;8-;;/m000../s1. The molecule has 4 aliphatic heterocycles. The third kappa shape index (κ3) is 19.6. The molecule has 5 amide bonds. The number of aromatic nitrogens is 6. The predicted octanol–water partition coefficient (Wildman–Crippen LogP) is 9.54. The second-order valence-electron chi connectivity index (χ2n) is 23.4. The highest BCUT2D eigenvalue weighted by molar-refractivity contribution is 6.30. The quantitative estimate of drug-likeness (QED) is 0.0611. The van der Waals surface area contributed by atoms with Crippen molar-refractivity contribution in [2.24, 2.45) is 5.73 Å². The number of aliphatic hydroxyl groups is 1. The van der Waals surface area contributed by atoms with Gasteiger partial charge in [-0.05, 0) is 143 Å². The molecule has 88 heavy (non-hydrogen) atoms. The minimum absolute atomic E-state index is 0.0867. The number of fused-ring (bicyclic) bond motifs is 2. The number of nitrogens with two attached hydrogens (primary N) is 1. The molecule has 4 aromatic heterocycles. The Morgan fingerprint density at radius 2 is 1.20 bits per heavy atom. The summed E-state index contributed by atoms with van der Waals surface area (Å²) < 4.78 is 39.9. The normalized spacial score (nSPS) is 18.6. The molecule has 0 bridgehead atoms. The maximum absolute atomic E-state index is 13.8. The number of anilines is 3. The number of hydrogen-bond donors (Lipinski definition) is 6.